The molecular weight excluding hydrogens is 352 g/mol. The summed E-state index contributed by atoms with van der Waals surface area (Å²) in [6.45, 7) is 4.19. The zero-order valence-corrected chi connectivity index (χ0v) is 17.6. The number of hydrogen-bond acceptors (Lipinski definition) is 3. The van der Waals surface area contributed by atoms with Gasteiger partial charge in [-0.25, -0.2) is 0 Å². The summed E-state index contributed by atoms with van der Waals surface area (Å²) >= 11 is 0. The molecule has 0 saturated heterocycles. The van der Waals surface area contributed by atoms with Crippen LogP contribution in [0.1, 0.15) is 22.7 Å². The fourth-order valence-corrected chi connectivity index (χ4v) is 3.12. The van der Waals surface area contributed by atoms with Crippen LogP contribution in [-0.4, -0.2) is 46.5 Å². The van der Waals surface area contributed by atoms with Gasteiger partial charge in [0, 0.05) is 31.0 Å². The van der Waals surface area contributed by atoms with E-state index in [1.165, 1.54) is 4.90 Å². The van der Waals surface area contributed by atoms with Gasteiger partial charge in [0.1, 0.15) is 6.04 Å². The molecule has 0 radical (unpaired) electrons. The van der Waals surface area contributed by atoms with Crippen molar-refractivity contribution in [3.05, 3.63) is 59.2 Å². The zero-order valence-electron chi connectivity index (χ0n) is 17.6. The molecule has 0 aromatic heterocycles. The molecule has 28 heavy (non-hydrogen) atoms. The summed E-state index contributed by atoms with van der Waals surface area (Å²) in [5.74, 6) is -1.27. The molecule has 0 saturated carbocycles. The van der Waals surface area contributed by atoms with E-state index in [-0.39, 0.29) is 6.04 Å². The van der Waals surface area contributed by atoms with Gasteiger partial charge in [0.15, 0.2) is 0 Å². The monoisotopic (exact) mass is 383 g/mol. The average molecular weight is 384 g/mol. The van der Waals surface area contributed by atoms with Crippen LogP contribution in [0.4, 0.5) is 11.4 Å². The fourth-order valence-electron chi connectivity index (χ4n) is 3.12. The van der Waals surface area contributed by atoms with Crippen molar-refractivity contribution in [3.8, 4) is 0 Å². The Bertz CT molecular complexity index is 809. The predicted octanol–water partition coefficient (Wildman–Crippen LogP) is 1.31. The lowest BCUT2D eigenvalue weighted by molar-refractivity contribution is -0.890. The molecule has 0 unspecified atom stereocenters. The first kappa shape index (κ1) is 21.4. The summed E-state index contributed by atoms with van der Waals surface area (Å²) in [5, 5.41) is 5.50. The number of likely N-dealkylation sites (N-methyl/N-ethyl adjacent to an activating group) is 1. The molecule has 6 nitrogen and oxygen atoms in total. The van der Waals surface area contributed by atoms with Crippen molar-refractivity contribution >= 4 is 23.2 Å². The number of nitrogens with one attached hydrogen (secondary N) is 3. The molecule has 2 aromatic rings. The third-order valence-corrected chi connectivity index (χ3v) is 4.90. The van der Waals surface area contributed by atoms with Gasteiger partial charge >= 0.3 is 11.8 Å². The van der Waals surface area contributed by atoms with Crippen LogP contribution in [-0.2, 0) is 9.59 Å². The molecule has 150 valence electrons. The molecule has 0 aliphatic heterocycles. The quantitative estimate of drug-likeness (QED) is 0.659. The molecule has 1 atom stereocenters. The third kappa shape index (κ3) is 5.33. The number of quaternary nitrogens is 1. The van der Waals surface area contributed by atoms with Gasteiger partial charge in [0.25, 0.3) is 0 Å². The van der Waals surface area contributed by atoms with Gasteiger partial charge in [0.05, 0.1) is 20.6 Å². The molecular formula is C22H31N4O2+. The SMILES string of the molecule is Cc1cccc(C)c1NC(=O)C(=O)NC[C@H](c1ccc(N(C)C)cc1)[NH+](C)C. The van der Waals surface area contributed by atoms with E-state index >= 15 is 0 Å². The van der Waals surface area contributed by atoms with E-state index in [0.29, 0.717) is 12.2 Å². The maximum atomic E-state index is 12.3. The lowest BCUT2D eigenvalue weighted by Crippen LogP contribution is -3.07. The topological polar surface area (TPSA) is 65.9 Å². The van der Waals surface area contributed by atoms with Gasteiger partial charge in [-0.2, -0.15) is 0 Å². The minimum atomic E-state index is -0.645. The van der Waals surface area contributed by atoms with Crippen molar-refractivity contribution in [3.63, 3.8) is 0 Å². The summed E-state index contributed by atoms with van der Waals surface area (Å²) in [5.41, 5.74) is 4.78. The molecule has 3 N–H and O–H groups in total. The number of hydrogen-bond donors (Lipinski definition) is 3. The Hall–Kier alpha value is -2.86. The molecule has 0 spiro atoms. The fraction of sp³-hybridized carbons (Fsp3) is 0.364. The third-order valence-electron chi connectivity index (χ3n) is 4.90. The van der Waals surface area contributed by atoms with Gasteiger partial charge in [-0.15, -0.1) is 0 Å². The molecule has 0 heterocycles. The van der Waals surface area contributed by atoms with Crippen LogP contribution in [0.15, 0.2) is 42.5 Å². The predicted molar refractivity (Wildman–Crippen MR) is 114 cm³/mol. The van der Waals surface area contributed by atoms with Crippen molar-refractivity contribution in [2.75, 3.05) is 45.0 Å². The van der Waals surface area contributed by atoms with E-state index < -0.39 is 11.8 Å². The average Bonchev–Trinajstić information content (AvgIpc) is 2.64. The van der Waals surface area contributed by atoms with E-state index in [2.05, 4.69) is 34.9 Å². The Balaban J connectivity index is 2.02. The molecule has 6 heteroatoms. The van der Waals surface area contributed by atoms with Gasteiger partial charge in [-0.05, 0) is 37.1 Å². The van der Waals surface area contributed by atoms with Crippen LogP contribution in [0.2, 0.25) is 0 Å². The second-order valence-corrected chi connectivity index (χ2v) is 7.55. The van der Waals surface area contributed by atoms with Crippen LogP contribution < -0.4 is 20.4 Å². The lowest BCUT2D eigenvalue weighted by Gasteiger charge is -2.23. The summed E-state index contributed by atoms with van der Waals surface area (Å²) in [7, 11) is 8.07. The summed E-state index contributed by atoms with van der Waals surface area (Å²) in [6, 6.07) is 14.0. The highest BCUT2D eigenvalue weighted by atomic mass is 16.2. The maximum Gasteiger partial charge on any atom is 0.313 e. The number of nitrogens with zero attached hydrogens (tertiary/aromatic N) is 1. The Morgan fingerprint density at radius 3 is 2.04 bits per heavy atom. The molecule has 2 amide bonds. The highest BCUT2D eigenvalue weighted by molar-refractivity contribution is 6.39. The molecule has 0 aliphatic carbocycles. The van der Waals surface area contributed by atoms with Gasteiger partial charge in [-0.1, -0.05) is 30.3 Å². The van der Waals surface area contributed by atoms with Crippen LogP contribution in [0.5, 0.6) is 0 Å². The number of amides is 2. The van der Waals surface area contributed by atoms with E-state index in [4.69, 9.17) is 0 Å². The Labute approximate surface area is 167 Å². The smallest absolute Gasteiger partial charge is 0.313 e. The first-order chi connectivity index (χ1) is 13.2. The normalized spacial score (nSPS) is 11.8. The maximum absolute atomic E-state index is 12.3. The molecule has 2 rings (SSSR count). The number of rotatable bonds is 6. The van der Waals surface area contributed by atoms with Crippen molar-refractivity contribution in [1.29, 1.82) is 0 Å². The van der Waals surface area contributed by atoms with Crippen LogP contribution in [0.25, 0.3) is 0 Å². The van der Waals surface area contributed by atoms with E-state index in [1.807, 2.05) is 65.1 Å². The molecule has 0 fully saturated rings. The highest BCUT2D eigenvalue weighted by Crippen LogP contribution is 2.19. The zero-order chi connectivity index (χ0) is 20.8. The number of carbonyl (C=O) groups is 2. The lowest BCUT2D eigenvalue weighted by atomic mass is 10.1. The van der Waals surface area contributed by atoms with Crippen LogP contribution in [0, 0.1) is 13.8 Å². The second-order valence-electron chi connectivity index (χ2n) is 7.55. The van der Waals surface area contributed by atoms with Crippen molar-refractivity contribution in [2.45, 2.75) is 19.9 Å². The summed E-state index contributed by atoms with van der Waals surface area (Å²) < 4.78 is 0. The minimum Gasteiger partial charge on any atom is -0.378 e. The minimum absolute atomic E-state index is 0.0492. The number of para-hydroxylation sites is 1. The van der Waals surface area contributed by atoms with Crippen molar-refractivity contribution < 1.29 is 14.5 Å². The number of benzene rings is 2. The Morgan fingerprint density at radius 2 is 1.54 bits per heavy atom. The van der Waals surface area contributed by atoms with Gasteiger partial charge < -0.3 is 20.4 Å². The number of anilines is 2. The van der Waals surface area contributed by atoms with E-state index in [0.717, 1.165) is 22.4 Å². The van der Waals surface area contributed by atoms with Crippen molar-refractivity contribution in [2.24, 2.45) is 0 Å². The second kappa shape index (κ2) is 9.37. The van der Waals surface area contributed by atoms with E-state index in [9.17, 15) is 9.59 Å². The van der Waals surface area contributed by atoms with Crippen molar-refractivity contribution in [1.82, 2.24) is 5.32 Å². The largest absolute Gasteiger partial charge is 0.378 e. The molecule has 0 aliphatic rings. The van der Waals surface area contributed by atoms with Gasteiger partial charge in [-0.3, -0.25) is 9.59 Å². The Morgan fingerprint density at radius 1 is 0.964 bits per heavy atom. The Kier molecular flexibility index (Phi) is 7.18. The number of carbonyl (C=O) groups excluding carboxylic acids is 2. The standard InChI is InChI=1S/C22H30N4O2/c1-15-8-7-9-16(2)20(15)24-22(28)21(27)23-14-19(26(5)6)17-10-12-18(13-11-17)25(3)4/h7-13,19H,14H2,1-6H3,(H,23,27)(H,24,28)/p+1/t19-/m1/s1. The highest BCUT2D eigenvalue weighted by Gasteiger charge is 2.22. The molecule has 0 bridgehead atoms. The number of aryl methyl sites for hydroxylation is 2. The summed E-state index contributed by atoms with van der Waals surface area (Å²) in [4.78, 5) is 27.9. The van der Waals surface area contributed by atoms with Gasteiger partial charge in [0.2, 0.25) is 0 Å². The van der Waals surface area contributed by atoms with E-state index in [1.54, 1.807) is 0 Å². The van der Waals surface area contributed by atoms with Crippen LogP contribution >= 0.6 is 0 Å². The first-order valence-electron chi connectivity index (χ1n) is 9.43. The van der Waals surface area contributed by atoms with Crippen LogP contribution in [0.3, 0.4) is 0 Å². The first-order valence-corrected chi connectivity index (χ1v) is 9.43. The summed E-state index contributed by atoms with van der Waals surface area (Å²) in [6.07, 6.45) is 0. The molecule has 2 aromatic carbocycles.